The third-order valence-electron chi connectivity index (χ3n) is 4.46. The zero-order valence-electron chi connectivity index (χ0n) is 13.8. The highest BCUT2D eigenvalue weighted by Gasteiger charge is 2.26. The lowest BCUT2D eigenvalue weighted by atomic mass is 9.87. The molecule has 0 saturated carbocycles. The molecule has 1 N–H and O–H groups in total. The molecular weight excluding hydrogens is 305 g/mol. The van der Waals surface area contributed by atoms with E-state index < -0.39 is 11.9 Å². The summed E-state index contributed by atoms with van der Waals surface area (Å²) in [6.45, 7) is 1.86. The van der Waals surface area contributed by atoms with E-state index in [1.807, 2.05) is 19.1 Å². The predicted octanol–water partition coefficient (Wildman–Crippen LogP) is 4.18. The maximum Gasteiger partial charge on any atom is 0.261 e. The van der Waals surface area contributed by atoms with E-state index in [1.165, 1.54) is 17.2 Å². The van der Waals surface area contributed by atoms with Crippen LogP contribution >= 0.6 is 0 Å². The van der Waals surface area contributed by atoms with E-state index in [4.69, 9.17) is 4.74 Å². The Morgan fingerprint density at radius 3 is 2.79 bits per heavy atom. The average Bonchev–Trinajstić information content (AvgIpc) is 2.61. The van der Waals surface area contributed by atoms with Crippen LogP contribution < -0.4 is 10.1 Å². The summed E-state index contributed by atoms with van der Waals surface area (Å²) in [4.78, 5) is 12.6. The molecule has 126 valence electrons. The molecule has 0 aromatic heterocycles. The molecule has 0 saturated heterocycles. The van der Waals surface area contributed by atoms with Crippen LogP contribution in [-0.4, -0.2) is 12.0 Å². The van der Waals surface area contributed by atoms with Crippen molar-refractivity contribution in [2.24, 2.45) is 0 Å². The van der Waals surface area contributed by atoms with Crippen molar-refractivity contribution in [2.45, 2.75) is 44.8 Å². The van der Waals surface area contributed by atoms with Crippen molar-refractivity contribution in [2.75, 3.05) is 0 Å². The number of amides is 1. The van der Waals surface area contributed by atoms with Gasteiger partial charge in [-0.05, 0) is 48.9 Å². The van der Waals surface area contributed by atoms with Crippen molar-refractivity contribution >= 4 is 5.91 Å². The molecule has 2 aromatic rings. The molecule has 2 unspecified atom stereocenters. The third-order valence-corrected chi connectivity index (χ3v) is 4.46. The Balaban J connectivity index is 1.71. The number of rotatable bonds is 5. The first-order valence-electron chi connectivity index (χ1n) is 8.48. The monoisotopic (exact) mass is 327 g/mol. The Bertz CT molecular complexity index is 716. The second kappa shape index (κ2) is 7.47. The molecular formula is C20H22FNO2. The smallest absolute Gasteiger partial charge is 0.261 e. The van der Waals surface area contributed by atoms with Gasteiger partial charge in [0.15, 0.2) is 17.7 Å². The lowest BCUT2D eigenvalue weighted by Gasteiger charge is -2.28. The van der Waals surface area contributed by atoms with E-state index in [9.17, 15) is 9.18 Å². The van der Waals surface area contributed by atoms with Crippen LogP contribution in [0.4, 0.5) is 4.39 Å². The molecule has 0 bridgehead atoms. The number of hydrogen-bond donors (Lipinski definition) is 1. The van der Waals surface area contributed by atoms with Gasteiger partial charge in [-0.15, -0.1) is 0 Å². The quantitative estimate of drug-likeness (QED) is 0.895. The fourth-order valence-electron chi connectivity index (χ4n) is 3.18. The highest BCUT2D eigenvalue weighted by molar-refractivity contribution is 5.81. The number of carbonyl (C=O) groups excluding carboxylic acids is 1. The van der Waals surface area contributed by atoms with Crippen molar-refractivity contribution in [3.63, 3.8) is 0 Å². The van der Waals surface area contributed by atoms with Crippen molar-refractivity contribution < 1.29 is 13.9 Å². The molecule has 24 heavy (non-hydrogen) atoms. The highest BCUT2D eigenvalue weighted by Crippen LogP contribution is 2.29. The highest BCUT2D eigenvalue weighted by atomic mass is 19.1. The minimum Gasteiger partial charge on any atom is -0.478 e. The maximum atomic E-state index is 13.7. The fraction of sp³-hybridized carbons (Fsp3) is 0.350. The van der Waals surface area contributed by atoms with Crippen molar-refractivity contribution in [1.82, 2.24) is 5.32 Å². The number of benzene rings is 2. The van der Waals surface area contributed by atoms with Gasteiger partial charge in [-0.3, -0.25) is 4.79 Å². The number of fused-ring (bicyclic) bond motifs is 1. The van der Waals surface area contributed by atoms with Gasteiger partial charge in [0.25, 0.3) is 5.91 Å². The number of nitrogens with one attached hydrogen (secondary N) is 1. The molecule has 3 rings (SSSR count). The molecule has 1 aliphatic rings. The second-order valence-electron chi connectivity index (χ2n) is 6.10. The van der Waals surface area contributed by atoms with Crippen LogP contribution in [-0.2, 0) is 11.2 Å². The van der Waals surface area contributed by atoms with Crippen molar-refractivity contribution in [1.29, 1.82) is 0 Å². The van der Waals surface area contributed by atoms with E-state index in [-0.39, 0.29) is 17.7 Å². The molecule has 2 atom stereocenters. The summed E-state index contributed by atoms with van der Waals surface area (Å²) in [6.07, 6.45) is 2.79. The molecule has 0 radical (unpaired) electrons. The van der Waals surface area contributed by atoms with Gasteiger partial charge in [0.1, 0.15) is 0 Å². The Morgan fingerprint density at radius 2 is 2.00 bits per heavy atom. The van der Waals surface area contributed by atoms with Crippen LogP contribution in [0.2, 0.25) is 0 Å². The normalized spacial score (nSPS) is 17.7. The summed E-state index contributed by atoms with van der Waals surface area (Å²) in [5.41, 5.74) is 2.47. The van der Waals surface area contributed by atoms with Gasteiger partial charge < -0.3 is 10.1 Å². The van der Waals surface area contributed by atoms with Gasteiger partial charge in [0.05, 0.1) is 6.04 Å². The molecule has 3 nitrogen and oxygen atoms in total. The van der Waals surface area contributed by atoms with E-state index >= 15 is 0 Å². The standard InChI is InChI=1S/C20H22FNO2/c1-2-18(24-19-13-6-5-11-16(19)21)20(23)22-17-12-7-9-14-8-3-4-10-15(14)17/h3-6,8,10-11,13,17-18H,2,7,9,12H2,1H3,(H,22,23). The number of para-hydroxylation sites is 1. The Morgan fingerprint density at radius 1 is 1.25 bits per heavy atom. The number of ether oxygens (including phenoxy) is 1. The van der Waals surface area contributed by atoms with Gasteiger partial charge in [-0.25, -0.2) is 4.39 Å². The van der Waals surface area contributed by atoms with Crippen molar-refractivity contribution in [3.05, 3.63) is 65.5 Å². The van der Waals surface area contributed by atoms with Gasteiger partial charge >= 0.3 is 0 Å². The summed E-state index contributed by atoms with van der Waals surface area (Å²) in [5.74, 6) is -0.530. The van der Waals surface area contributed by atoms with Crippen LogP contribution in [0.15, 0.2) is 48.5 Å². The van der Waals surface area contributed by atoms with E-state index in [0.29, 0.717) is 6.42 Å². The van der Waals surface area contributed by atoms with Gasteiger partial charge in [-0.1, -0.05) is 43.3 Å². The van der Waals surface area contributed by atoms with Crippen LogP contribution in [0.5, 0.6) is 5.75 Å². The summed E-state index contributed by atoms with van der Waals surface area (Å²) in [5, 5.41) is 3.08. The topological polar surface area (TPSA) is 38.3 Å². The number of carbonyl (C=O) groups is 1. The summed E-state index contributed by atoms with van der Waals surface area (Å²) < 4.78 is 19.3. The molecule has 0 aliphatic heterocycles. The predicted molar refractivity (Wildman–Crippen MR) is 91.4 cm³/mol. The van der Waals surface area contributed by atoms with E-state index in [1.54, 1.807) is 18.2 Å². The minimum atomic E-state index is -0.698. The zero-order chi connectivity index (χ0) is 16.9. The largest absolute Gasteiger partial charge is 0.478 e. The number of aryl methyl sites for hydroxylation is 1. The minimum absolute atomic E-state index is 0.000667. The SMILES string of the molecule is CCC(Oc1ccccc1F)C(=O)NC1CCCc2ccccc21. The molecule has 0 heterocycles. The summed E-state index contributed by atoms with van der Waals surface area (Å²) in [6, 6.07) is 14.4. The third kappa shape index (κ3) is 3.58. The van der Waals surface area contributed by atoms with Crippen LogP contribution in [0, 0.1) is 5.82 Å². The molecule has 4 heteroatoms. The summed E-state index contributed by atoms with van der Waals surface area (Å²) >= 11 is 0. The molecule has 1 aliphatic carbocycles. The van der Waals surface area contributed by atoms with Gasteiger partial charge in [0, 0.05) is 0 Å². The Labute approximate surface area is 141 Å². The number of halogens is 1. The van der Waals surface area contributed by atoms with Crippen LogP contribution in [0.3, 0.4) is 0 Å². The first-order chi connectivity index (χ1) is 11.7. The van der Waals surface area contributed by atoms with Crippen molar-refractivity contribution in [3.8, 4) is 5.75 Å². The van der Waals surface area contributed by atoms with Crippen LogP contribution in [0.25, 0.3) is 0 Å². The lowest BCUT2D eigenvalue weighted by molar-refractivity contribution is -0.129. The molecule has 0 spiro atoms. The second-order valence-corrected chi connectivity index (χ2v) is 6.10. The fourth-order valence-corrected chi connectivity index (χ4v) is 3.18. The molecule has 0 fully saturated rings. The van der Waals surface area contributed by atoms with Gasteiger partial charge in [-0.2, -0.15) is 0 Å². The summed E-state index contributed by atoms with van der Waals surface area (Å²) in [7, 11) is 0. The maximum absolute atomic E-state index is 13.7. The Kier molecular flexibility index (Phi) is 5.14. The van der Waals surface area contributed by atoms with Gasteiger partial charge in [0.2, 0.25) is 0 Å². The van der Waals surface area contributed by atoms with E-state index in [0.717, 1.165) is 19.3 Å². The lowest BCUT2D eigenvalue weighted by Crippen LogP contribution is -2.41. The van der Waals surface area contributed by atoms with Crippen LogP contribution in [0.1, 0.15) is 43.4 Å². The average molecular weight is 327 g/mol. The molecule has 2 aromatic carbocycles. The zero-order valence-corrected chi connectivity index (χ0v) is 13.8. The first kappa shape index (κ1) is 16.5. The van der Waals surface area contributed by atoms with E-state index in [2.05, 4.69) is 17.4 Å². The Hall–Kier alpha value is -2.36. The number of hydrogen-bond acceptors (Lipinski definition) is 2. The first-order valence-corrected chi connectivity index (χ1v) is 8.48. The molecule has 1 amide bonds.